The highest BCUT2D eigenvalue weighted by Crippen LogP contribution is 2.22. The molecule has 0 spiro atoms. The molecule has 1 heterocycles. The van der Waals surface area contributed by atoms with Gasteiger partial charge >= 0.3 is 11.1 Å². The van der Waals surface area contributed by atoms with Crippen LogP contribution in [0.3, 0.4) is 0 Å². The highest BCUT2D eigenvalue weighted by molar-refractivity contribution is 7.99. The maximum Gasteiger partial charge on any atom is 0.365 e. The third kappa shape index (κ3) is 4.87. The normalized spacial score (nSPS) is 10.5. The quantitative estimate of drug-likeness (QED) is 0.347. The second-order valence-electron chi connectivity index (χ2n) is 5.51. The number of nitrogens with one attached hydrogen (secondary N) is 2. The summed E-state index contributed by atoms with van der Waals surface area (Å²) in [4.78, 5) is 24.2. The van der Waals surface area contributed by atoms with Gasteiger partial charge in [0.15, 0.2) is 5.21 Å². The lowest BCUT2D eigenvalue weighted by molar-refractivity contribution is -0.697. The monoisotopic (exact) mass is 418 g/mol. The van der Waals surface area contributed by atoms with Crippen LogP contribution in [0.25, 0.3) is 5.69 Å². The van der Waals surface area contributed by atoms with Crippen LogP contribution in [0.1, 0.15) is 17.3 Å². The molecule has 0 unspecified atom stereocenters. The van der Waals surface area contributed by atoms with Crippen molar-refractivity contribution in [1.82, 2.24) is 15.5 Å². The van der Waals surface area contributed by atoms with Gasteiger partial charge in [0, 0.05) is 5.69 Å². The standard InChI is InChI=1S/C18H16ClN5O3S/c1-2-27-17(26)14-10-12(8-9-15(14)19)20-16(25)11-28-18-21-22-23-24(18)13-6-4-3-5-7-13/h3-10H,2,11H2,1H3,(H,20,25)/p+1. The Kier molecular flexibility index (Phi) is 6.62. The molecule has 2 N–H and O–H groups in total. The number of benzene rings is 2. The first-order chi connectivity index (χ1) is 13.6. The first-order valence-corrected chi connectivity index (χ1v) is 9.72. The van der Waals surface area contributed by atoms with E-state index in [0.29, 0.717) is 10.8 Å². The number of esters is 1. The number of halogens is 1. The number of hydrogen-bond acceptors (Lipinski definition) is 6. The zero-order valence-corrected chi connectivity index (χ0v) is 16.5. The first-order valence-electron chi connectivity index (χ1n) is 8.36. The Morgan fingerprint density at radius 1 is 1.25 bits per heavy atom. The molecule has 0 radical (unpaired) electrons. The number of carbonyl (C=O) groups is 2. The van der Waals surface area contributed by atoms with Crippen molar-refractivity contribution in [2.45, 2.75) is 12.1 Å². The zero-order chi connectivity index (χ0) is 19.9. The van der Waals surface area contributed by atoms with Crippen molar-refractivity contribution >= 4 is 40.9 Å². The SMILES string of the molecule is CCOC(=O)c1cc(NC(=O)CSc2nn[nH][n+]2-c2ccccc2)ccc1Cl. The molecule has 1 amide bonds. The number of H-pyrrole nitrogens is 1. The van der Waals surface area contributed by atoms with Crippen LogP contribution in [0, 0.1) is 0 Å². The third-order valence-corrected chi connectivity index (χ3v) is 4.82. The second kappa shape index (κ2) is 9.34. The predicted molar refractivity (Wildman–Crippen MR) is 105 cm³/mol. The van der Waals surface area contributed by atoms with Crippen molar-refractivity contribution in [1.29, 1.82) is 0 Å². The Bertz CT molecular complexity index is 980. The molecule has 2 aromatic carbocycles. The largest absolute Gasteiger partial charge is 0.462 e. The van der Waals surface area contributed by atoms with Crippen molar-refractivity contribution in [2.75, 3.05) is 17.7 Å². The van der Waals surface area contributed by atoms with Gasteiger partial charge in [0.1, 0.15) is 10.8 Å². The second-order valence-corrected chi connectivity index (χ2v) is 6.86. The lowest BCUT2D eigenvalue weighted by Gasteiger charge is -2.08. The lowest BCUT2D eigenvalue weighted by Crippen LogP contribution is -2.35. The fraction of sp³-hybridized carbons (Fsp3) is 0.167. The molecule has 8 nitrogen and oxygen atoms in total. The van der Waals surface area contributed by atoms with Crippen LogP contribution in [-0.4, -0.2) is 39.8 Å². The number of carbonyl (C=O) groups excluding carboxylic acids is 2. The number of anilines is 1. The highest BCUT2D eigenvalue weighted by atomic mass is 35.5. The minimum Gasteiger partial charge on any atom is -0.462 e. The molecule has 0 fully saturated rings. The Hall–Kier alpha value is -2.91. The van der Waals surface area contributed by atoms with Crippen molar-refractivity contribution < 1.29 is 19.0 Å². The van der Waals surface area contributed by atoms with E-state index >= 15 is 0 Å². The van der Waals surface area contributed by atoms with Crippen LogP contribution in [0.2, 0.25) is 5.02 Å². The smallest absolute Gasteiger partial charge is 0.365 e. The van der Waals surface area contributed by atoms with E-state index in [4.69, 9.17) is 16.3 Å². The number of ether oxygens (including phenoxy) is 1. The molecule has 3 aromatic rings. The summed E-state index contributed by atoms with van der Waals surface area (Å²) in [6, 6.07) is 14.1. The van der Waals surface area contributed by atoms with Gasteiger partial charge in [-0.1, -0.05) is 35.0 Å². The molecule has 3 rings (SSSR count). The van der Waals surface area contributed by atoms with Crippen molar-refractivity contribution in [2.24, 2.45) is 0 Å². The van der Waals surface area contributed by atoms with Gasteiger partial charge in [-0.25, -0.2) is 4.79 Å². The summed E-state index contributed by atoms with van der Waals surface area (Å²) in [5.74, 6) is -0.689. The molecule has 0 saturated carbocycles. The average molecular weight is 419 g/mol. The van der Waals surface area contributed by atoms with E-state index in [0.717, 1.165) is 5.69 Å². The van der Waals surface area contributed by atoms with Crippen LogP contribution in [0.15, 0.2) is 53.7 Å². The number of amides is 1. The maximum absolute atomic E-state index is 12.3. The molecule has 0 atom stereocenters. The van der Waals surface area contributed by atoms with Gasteiger partial charge < -0.3 is 10.1 Å². The summed E-state index contributed by atoms with van der Waals surface area (Å²) < 4.78 is 6.64. The van der Waals surface area contributed by atoms with Gasteiger partial charge in [-0.3, -0.25) is 4.79 Å². The number of nitrogens with zero attached hydrogens (tertiary/aromatic N) is 3. The number of rotatable bonds is 7. The molecule has 0 bridgehead atoms. The topological polar surface area (TPSA) is 101 Å². The van der Waals surface area contributed by atoms with Crippen LogP contribution >= 0.6 is 23.4 Å². The summed E-state index contributed by atoms with van der Waals surface area (Å²) >= 11 is 7.25. The number of para-hydroxylation sites is 1. The summed E-state index contributed by atoms with van der Waals surface area (Å²) in [6.45, 7) is 1.95. The fourth-order valence-electron chi connectivity index (χ4n) is 2.33. The number of tetrazole rings is 1. The molecule has 0 aliphatic carbocycles. The highest BCUT2D eigenvalue weighted by Gasteiger charge is 2.19. The number of hydrogen-bond donors (Lipinski definition) is 2. The van der Waals surface area contributed by atoms with Gasteiger partial charge in [-0.15, -0.1) is 4.68 Å². The van der Waals surface area contributed by atoms with E-state index < -0.39 is 5.97 Å². The molecule has 0 aliphatic rings. The molecule has 144 valence electrons. The molecular formula is C18H17ClN5O3S+. The summed E-state index contributed by atoms with van der Waals surface area (Å²) in [6.07, 6.45) is 0. The third-order valence-electron chi connectivity index (χ3n) is 3.56. The van der Waals surface area contributed by atoms with Gasteiger partial charge in [-0.2, -0.15) is 0 Å². The Morgan fingerprint density at radius 2 is 2.04 bits per heavy atom. The Balaban J connectivity index is 1.64. The Labute approximate surface area is 170 Å². The summed E-state index contributed by atoms with van der Waals surface area (Å²) in [5.41, 5.74) is 1.51. The van der Waals surface area contributed by atoms with E-state index in [1.165, 1.54) is 23.9 Å². The van der Waals surface area contributed by atoms with Crippen LogP contribution in [0.4, 0.5) is 5.69 Å². The van der Waals surface area contributed by atoms with Gasteiger partial charge in [0.05, 0.1) is 22.9 Å². The Morgan fingerprint density at radius 3 is 2.79 bits per heavy atom. The molecule has 10 heteroatoms. The minimum atomic E-state index is -0.538. The number of thioether (sulfide) groups is 1. The molecule has 1 aromatic heterocycles. The predicted octanol–water partition coefficient (Wildman–Crippen LogP) is 2.64. The van der Waals surface area contributed by atoms with Crippen LogP contribution in [-0.2, 0) is 9.53 Å². The lowest BCUT2D eigenvalue weighted by atomic mass is 10.2. The summed E-state index contributed by atoms with van der Waals surface area (Å²) in [7, 11) is 0. The van der Waals surface area contributed by atoms with E-state index in [1.54, 1.807) is 17.7 Å². The maximum atomic E-state index is 12.3. The fourth-order valence-corrected chi connectivity index (χ4v) is 3.23. The average Bonchev–Trinajstić information content (AvgIpc) is 3.17. The number of aromatic amines is 1. The van der Waals surface area contributed by atoms with Crippen molar-refractivity contribution in [3.8, 4) is 5.69 Å². The van der Waals surface area contributed by atoms with E-state index in [9.17, 15) is 9.59 Å². The molecule has 0 aliphatic heterocycles. The van der Waals surface area contributed by atoms with E-state index in [-0.39, 0.29) is 28.9 Å². The summed E-state index contributed by atoms with van der Waals surface area (Å²) in [5, 5.41) is 14.1. The van der Waals surface area contributed by atoms with Crippen molar-refractivity contribution in [3.05, 3.63) is 59.1 Å². The minimum absolute atomic E-state index is 0.108. The molecule has 0 saturated heterocycles. The van der Waals surface area contributed by atoms with Gasteiger partial charge in [0.2, 0.25) is 5.91 Å². The van der Waals surface area contributed by atoms with Crippen molar-refractivity contribution in [3.63, 3.8) is 0 Å². The molecular weight excluding hydrogens is 402 g/mol. The zero-order valence-electron chi connectivity index (χ0n) is 14.9. The van der Waals surface area contributed by atoms with Gasteiger partial charge in [-0.05, 0) is 49.0 Å². The van der Waals surface area contributed by atoms with Crippen LogP contribution in [0.5, 0.6) is 0 Å². The molecule has 28 heavy (non-hydrogen) atoms. The van der Waals surface area contributed by atoms with E-state index in [1.807, 2.05) is 30.3 Å². The number of aromatic nitrogens is 4. The van der Waals surface area contributed by atoms with Crippen LogP contribution < -0.4 is 10.00 Å². The first kappa shape index (κ1) is 19.8. The van der Waals surface area contributed by atoms with E-state index in [2.05, 4.69) is 20.8 Å². The van der Waals surface area contributed by atoms with Gasteiger partial charge in [0.25, 0.3) is 0 Å².